The summed E-state index contributed by atoms with van der Waals surface area (Å²) in [5.74, 6) is 0.831. The maximum Gasteiger partial charge on any atom is 0.319 e. The number of carbonyl (C=O) groups excluding carboxylic acids is 1. The van der Waals surface area contributed by atoms with Crippen molar-refractivity contribution in [3.8, 4) is 5.75 Å². The lowest BCUT2D eigenvalue weighted by molar-refractivity contribution is 0.251. The minimum absolute atomic E-state index is 0.241. The smallest absolute Gasteiger partial charge is 0.319 e. The van der Waals surface area contributed by atoms with Crippen molar-refractivity contribution in [2.24, 2.45) is 0 Å². The van der Waals surface area contributed by atoms with Gasteiger partial charge in [0.15, 0.2) is 0 Å². The van der Waals surface area contributed by atoms with Crippen LogP contribution < -0.4 is 15.4 Å². The number of para-hydroxylation sites is 1. The number of carbonyl (C=O) groups is 1. The third-order valence-corrected chi connectivity index (χ3v) is 3.79. The molecule has 3 rings (SSSR count). The Hall–Kier alpha value is -3.35. The van der Waals surface area contributed by atoms with Gasteiger partial charge in [-0.25, -0.2) is 4.79 Å². The first-order valence-electron chi connectivity index (χ1n) is 8.35. The number of hydrogen-bond acceptors (Lipinski definition) is 4. The van der Waals surface area contributed by atoms with Crippen LogP contribution in [-0.4, -0.2) is 34.7 Å². The van der Waals surface area contributed by atoms with E-state index in [1.807, 2.05) is 60.8 Å². The van der Waals surface area contributed by atoms with Gasteiger partial charge in [0.25, 0.3) is 0 Å². The number of rotatable bonds is 7. The number of amides is 2. The number of anilines is 1. The topological polar surface area (TPSA) is 81.1 Å². The first-order valence-corrected chi connectivity index (χ1v) is 8.35. The Balaban J connectivity index is 1.44. The normalized spacial score (nSPS) is 10.3. The monoisotopic (exact) mass is 351 g/mol. The van der Waals surface area contributed by atoms with Crippen molar-refractivity contribution in [3.63, 3.8) is 0 Å². The Morgan fingerprint density at radius 2 is 1.88 bits per heavy atom. The van der Waals surface area contributed by atoms with Crippen LogP contribution in [0.4, 0.5) is 10.5 Å². The third-order valence-electron chi connectivity index (χ3n) is 3.79. The average molecular weight is 351 g/mol. The maximum atomic E-state index is 11.8. The molecule has 0 aliphatic carbocycles. The Labute approximate surface area is 152 Å². The van der Waals surface area contributed by atoms with E-state index in [9.17, 15) is 4.79 Å². The van der Waals surface area contributed by atoms with Gasteiger partial charge in [-0.1, -0.05) is 35.5 Å². The van der Waals surface area contributed by atoms with Crippen molar-refractivity contribution in [1.82, 2.24) is 20.3 Å². The molecular weight excluding hydrogens is 330 g/mol. The predicted molar refractivity (Wildman–Crippen MR) is 99.3 cm³/mol. The maximum absolute atomic E-state index is 11.8. The van der Waals surface area contributed by atoms with Crippen LogP contribution in [-0.2, 0) is 13.0 Å². The SMILES string of the molecule is COc1ccc(Cc2cn(CCNC(=O)Nc3ccccc3)nn2)cc1. The minimum atomic E-state index is -0.241. The van der Waals surface area contributed by atoms with E-state index in [-0.39, 0.29) is 6.03 Å². The number of methoxy groups -OCH3 is 1. The van der Waals surface area contributed by atoms with Gasteiger partial charge >= 0.3 is 6.03 Å². The minimum Gasteiger partial charge on any atom is -0.497 e. The van der Waals surface area contributed by atoms with E-state index in [2.05, 4.69) is 20.9 Å². The molecule has 0 unspecified atom stereocenters. The fourth-order valence-electron chi connectivity index (χ4n) is 2.46. The lowest BCUT2D eigenvalue weighted by Gasteiger charge is -2.07. The summed E-state index contributed by atoms with van der Waals surface area (Å²) in [5, 5.41) is 13.8. The second kappa shape index (κ2) is 8.66. The molecule has 0 atom stereocenters. The molecular formula is C19H21N5O2. The summed E-state index contributed by atoms with van der Waals surface area (Å²) in [4.78, 5) is 11.8. The average Bonchev–Trinajstić information content (AvgIpc) is 3.10. The van der Waals surface area contributed by atoms with Crippen molar-refractivity contribution < 1.29 is 9.53 Å². The fraction of sp³-hybridized carbons (Fsp3) is 0.211. The number of ether oxygens (including phenoxy) is 1. The van der Waals surface area contributed by atoms with E-state index in [0.717, 1.165) is 22.7 Å². The number of hydrogen-bond donors (Lipinski definition) is 2. The van der Waals surface area contributed by atoms with Gasteiger partial charge in [0.05, 0.1) is 19.3 Å². The van der Waals surface area contributed by atoms with Crippen LogP contribution in [0.5, 0.6) is 5.75 Å². The molecule has 1 aromatic heterocycles. The largest absolute Gasteiger partial charge is 0.497 e. The van der Waals surface area contributed by atoms with Crippen LogP contribution >= 0.6 is 0 Å². The highest BCUT2D eigenvalue weighted by atomic mass is 16.5. The molecule has 134 valence electrons. The standard InChI is InChI=1S/C19H21N5O2/c1-26-18-9-7-15(8-10-18)13-17-14-24(23-22-17)12-11-20-19(25)21-16-5-3-2-4-6-16/h2-10,14H,11-13H2,1H3,(H2,20,21,25). The van der Waals surface area contributed by atoms with E-state index in [4.69, 9.17) is 4.74 Å². The molecule has 0 spiro atoms. The molecule has 0 aliphatic rings. The number of aromatic nitrogens is 3. The van der Waals surface area contributed by atoms with Crippen LogP contribution in [0, 0.1) is 0 Å². The second-order valence-electron chi connectivity index (χ2n) is 5.74. The highest BCUT2D eigenvalue weighted by molar-refractivity contribution is 5.89. The molecule has 0 fully saturated rings. The summed E-state index contributed by atoms with van der Waals surface area (Å²) >= 11 is 0. The third kappa shape index (κ3) is 5.07. The van der Waals surface area contributed by atoms with Gasteiger partial charge in [-0.3, -0.25) is 4.68 Å². The molecule has 3 aromatic rings. The summed E-state index contributed by atoms with van der Waals surface area (Å²) < 4.78 is 6.88. The van der Waals surface area contributed by atoms with E-state index < -0.39 is 0 Å². The lowest BCUT2D eigenvalue weighted by atomic mass is 10.1. The lowest BCUT2D eigenvalue weighted by Crippen LogP contribution is -2.31. The Morgan fingerprint density at radius 1 is 1.12 bits per heavy atom. The molecule has 1 heterocycles. The summed E-state index contributed by atoms with van der Waals surface area (Å²) in [6.07, 6.45) is 2.59. The first kappa shape index (κ1) is 17.5. The Morgan fingerprint density at radius 3 is 2.62 bits per heavy atom. The van der Waals surface area contributed by atoms with Crippen LogP contribution in [0.15, 0.2) is 60.8 Å². The van der Waals surface area contributed by atoms with Gasteiger partial charge in [-0.2, -0.15) is 0 Å². The van der Waals surface area contributed by atoms with Gasteiger partial charge in [0.2, 0.25) is 0 Å². The van der Waals surface area contributed by atoms with Gasteiger partial charge in [-0.05, 0) is 29.8 Å². The van der Waals surface area contributed by atoms with Crippen LogP contribution in [0.25, 0.3) is 0 Å². The number of urea groups is 1. The van der Waals surface area contributed by atoms with Crippen molar-refractivity contribution in [2.45, 2.75) is 13.0 Å². The zero-order valence-corrected chi connectivity index (χ0v) is 14.6. The van der Waals surface area contributed by atoms with Crippen molar-refractivity contribution in [2.75, 3.05) is 19.0 Å². The van der Waals surface area contributed by atoms with Gasteiger partial charge in [0.1, 0.15) is 5.75 Å². The van der Waals surface area contributed by atoms with Gasteiger partial charge < -0.3 is 15.4 Å². The zero-order chi connectivity index (χ0) is 18.2. The molecule has 7 heteroatoms. The van der Waals surface area contributed by atoms with Crippen molar-refractivity contribution in [3.05, 3.63) is 72.1 Å². The molecule has 2 aromatic carbocycles. The Kier molecular flexibility index (Phi) is 5.82. The van der Waals surface area contributed by atoms with E-state index in [1.54, 1.807) is 11.8 Å². The van der Waals surface area contributed by atoms with Gasteiger partial charge in [0, 0.05) is 24.8 Å². The summed E-state index contributed by atoms with van der Waals surface area (Å²) in [7, 11) is 1.65. The molecule has 0 saturated heterocycles. The molecule has 2 amide bonds. The summed E-state index contributed by atoms with van der Waals surface area (Å²) in [6, 6.07) is 16.9. The van der Waals surface area contributed by atoms with E-state index in [1.165, 1.54) is 0 Å². The number of nitrogens with one attached hydrogen (secondary N) is 2. The Bertz CT molecular complexity index is 831. The van der Waals surface area contributed by atoms with Gasteiger partial charge in [-0.15, -0.1) is 5.10 Å². The molecule has 0 saturated carbocycles. The molecule has 0 aliphatic heterocycles. The molecule has 0 radical (unpaired) electrons. The molecule has 7 nitrogen and oxygen atoms in total. The predicted octanol–water partition coefficient (Wildman–Crippen LogP) is 2.70. The first-order chi connectivity index (χ1) is 12.7. The van der Waals surface area contributed by atoms with Crippen molar-refractivity contribution >= 4 is 11.7 Å². The van der Waals surface area contributed by atoms with Crippen molar-refractivity contribution in [1.29, 1.82) is 0 Å². The fourth-order valence-corrected chi connectivity index (χ4v) is 2.46. The second-order valence-corrected chi connectivity index (χ2v) is 5.74. The molecule has 2 N–H and O–H groups in total. The quantitative estimate of drug-likeness (QED) is 0.686. The van der Waals surface area contributed by atoms with E-state index in [0.29, 0.717) is 19.5 Å². The van der Waals surface area contributed by atoms with E-state index >= 15 is 0 Å². The number of benzene rings is 2. The highest BCUT2D eigenvalue weighted by Gasteiger charge is 2.04. The van der Waals surface area contributed by atoms with Crippen LogP contribution in [0.2, 0.25) is 0 Å². The summed E-state index contributed by atoms with van der Waals surface area (Å²) in [6.45, 7) is 1.02. The summed E-state index contributed by atoms with van der Waals surface area (Å²) in [5.41, 5.74) is 2.77. The highest BCUT2D eigenvalue weighted by Crippen LogP contribution is 2.13. The van der Waals surface area contributed by atoms with Crippen LogP contribution in [0.1, 0.15) is 11.3 Å². The zero-order valence-electron chi connectivity index (χ0n) is 14.6. The van der Waals surface area contributed by atoms with Crippen LogP contribution in [0.3, 0.4) is 0 Å². The molecule has 0 bridgehead atoms. The number of nitrogens with zero attached hydrogens (tertiary/aromatic N) is 3. The molecule has 26 heavy (non-hydrogen) atoms.